The van der Waals surface area contributed by atoms with Crippen LogP contribution in [0.1, 0.15) is 46.0 Å². The van der Waals surface area contributed by atoms with Crippen LogP contribution in [0.2, 0.25) is 0 Å². The molecule has 1 unspecified atom stereocenters. The Labute approximate surface area is 123 Å². The Balaban J connectivity index is 2.74. The van der Waals surface area contributed by atoms with Crippen molar-refractivity contribution in [3.05, 3.63) is 0 Å². The Morgan fingerprint density at radius 3 is 2.67 bits per heavy atom. The number of aliphatic carboxylic acids is 1. The molecular formula is C14H24F3NO3. The maximum Gasteiger partial charge on any atom is 0.416 e. The van der Waals surface area contributed by atoms with Gasteiger partial charge < -0.3 is 9.84 Å². The van der Waals surface area contributed by atoms with Gasteiger partial charge in [-0.25, -0.2) is 0 Å². The molecule has 0 aromatic rings. The lowest BCUT2D eigenvalue weighted by molar-refractivity contribution is -0.237. The van der Waals surface area contributed by atoms with Crippen molar-refractivity contribution in [2.75, 3.05) is 13.2 Å². The van der Waals surface area contributed by atoms with Crippen molar-refractivity contribution in [1.29, 1.82) is 0 Å². The van der Waals surface area contributed by atoms with E-state index in [1.165, 1.54) is 0 Å². The zero-order chi connectivity index (χ0) is 16.0. The molecule has 1 saturated heterocycles. The molecule has 1 heterocycles. The second-order valence-electron chi connectivity index (χ2n) is 5.56. The first-order valence-electron chi connectivity index (χ1n) is 7.43. The van der Waals surface area contributed by atoms with Gasteiger partial charge in [0, 0.05) is 12.1 Å². The minimum absolute atomic E-state index is 0.0791. The molecule has 1 N–H and O–H groups in total. The van der Waals surface area contributed by atoms with Crippen LogP contribution in [0.25, 0.3) is 0 Å². The molecule has 0 spiro atoms. The van der Waals surface area contributed by atoms with Gasteiger partial charge in [0.05, 0.1) is 13.0 Å². The number of carboxylic acid groups (broad SMARTS) is 1. The molecule has 0 saturated carbocycles. The number of halogens is 3. The lowest BCUT2D eigenvalue weighted by Crippen LogP contribution is -2.51. The van der Waals surface area contributed by atoms with Crippen molar-refractivity contribution < 1.29 is 27.8 Å². The molecule has 0 aliphatic carbocycles. The zero-order valence-electron chi connectivity index (χ0n) is 12.5. The lowest BCUT2D eigenvalue weighted by Gasteiger charge is -2.36. The van der Waals surface area contributed by atoms with Crippen LogP contribution in [0.5, 0.6) is 0 Å². The van der Waals surface area contributed by atoms with Gasteiger partial charge in [0.25, 0.3) is 0 Å². The number of ether oxygens (including phenoxy) is 1. The Hall–Kier alpha value is -0.820. The molecule has 4 nitrogen and oxygen atoms in total. The lowest BCUT2D eigenvalue weighted by atomic mass is 10.0. The van der Waals surface area contributed by atoms with Crippen molar-refractivity contribution in [3.63, 3.8) is 0 Å². The minimum atomic E-state index is -4.47. The number of rotatable bonds is 8. The quantitative estimate of drug-likeness (QED) is 0.748. The Kier molecular flexibility index (Phi) is 6.93. The fourth-order valence-electron chi connectivity index (χ4n) is 2.97. The average molecular weight is 311 g/mol. The van der Waals surface area contributed by atoms with Gasteiger partial charge in [0.2, 0.25) is 0 Å². The highest BCUT2D eigenvalue weighted by Gasteiger charge is 2.49. The molecule has 21 heavy (non-hydrogen) atoms. The van der Waals surface area contributed by atoms with Crippen LogP contribution in [-0.2, 0) is 9.53 Å². The zero-order valence-corrected chi connectivity index (χ0v) is 12.5. The summed E-state index contributed by atoms with van der Waals surface area (Å²) in [7, 11) is 0. The molecule has 1 aliphatic rings. The van der Waals surface area contributed by atoms with Gasteiger partial charge >= 0.3 is 12.1 Å². The van der Waals surface area contributed by atoms with Crippen LogP contribution in [0.4, 0.5) is 13.2 Å². The number of hydrogen-bond donors (Lipinski definition) is 1. The van der Waals surface area contributed by atoms with E-state index in [1.807, 2.05) is 18.7 Å². The van der Waals surface area contributed by atoms with Gasteiger partial charge in [-0.1, -0.05) is 13.3 Å². The van der Waals surface area contributed by atoms with Gasteiger partial charge in [0.15, 0.2) is 6.10 Å². The summed E-state index contributed by atoms with van der Waals surface area (Å²) in [6.45, 7) is 4.17. The molecule has 1 rings (SSSR count). The third-order valence-corrected chi connectivity index (χ3v) is 3.90. The predicted octanol–water partition coefficient (Wildman–Crippen LogP) is 3.06. The van der Waals surface area contributed by atoms with E-state index in [0.29, 0.717) is 19.4 Å². The molecule has 3 atom stereocenters. The monoisotopic (exact) mass is 311 g/mol. The van der Waals surface area contributed by atoms with Crippen LogP contribution < -0.4 is 0 Å². The molecule has 124 valence electrons. The molecule has 1 fully saturated rings. The third kappa shape index (κ3) is 5.47. The van der Waals surface area contributed by atoms with Crippen molar-refractivity contribution in [3.8, 4) is 0 Å². The summed E-state index contributed by atoms with van der Waals surface area (Å²) in [5.41, 5.74) is 0. The second kappa shape index (κ2) is 7.98. The number of hydrogen-bond acceptors (Lipinski definition) is 3. The molecule has 0 amide bonds. The maximum atomic E-state index is 13.2. The van der Waals surface area contributed by atoms with Crippen molar-refractivity contribution in [2.24, 2.45) is 0 Å². The van der Waals surface area contributed by atoms with Gasteiger partial charge in [-0.05, 0) is 32.7 Å². The summed E-state index contributed by atoms with van der Waals surface area (Å²) in [6, 6.07) is -0.629. The van der Waals surface area contributed by atoms with Gasteiger partial charge in [0.1, 0.15) is 0 Å². The van der Waals surface area contributed by atoms with E-state index >= 15 is 0 Å². The molecule has 0 aromatic heterocycles. The van der Waals surface area contributed by atoms with Crippen molar-refractivity contribution in [2.45, 2.75) is 70.3 Å². The standard InChI is InChI=1S/C14H24F3NO3/c1-3-5-10(2)18-8-4-6-11(18)13(14(15,16)17)21-9-7-12(19)20/h10-11,13H,3-9H2,1-2H3,(H,19,20)/t10?,11-,13+/m0/s1. The Morgan fingerprint density at radius 2 is 2.14 bits per heavy atom. The summed E-state index contributed by atoms with van der Waals surface area (Å²) in [5.74, 6) is -1.15. The van der Waals surface area contributed by atoms with Crippen molar-refractivity contribution >= 4 is 5.97 Å². The van der Waals surface area contributed by atoms with E-state index in [9.17, 15) is 18.0 Å². The van der Waals surface area contributed by atoms with E-state index < -0.39 is 37.3 Å². The highest BCUT2D eigenvalue weighted by Crippen LogP contribution is 2.34. The molecule has 0 bridgehead atoms. The smallest absolute Gasteiger partial charge is 0.416 e. The van der Waals surface area contributed by atoms with E-state index in [-0.39, 0.29) is 6.04 Å². The number of likely N-dealkylation sites (tertiary alicyclic amines) is 1. The van der Waals surface area contributed by atoms with E-state index in [2.05, 4.69) is 0 Å². The van der Waals surface area contributed by atoms with E-state index in [1.54, 1.807) is 0 Å². The summed E-state index contributed by atoms with van der Waals surface area (Å²) in [4.78, 5) is 12.3. The van der Waals surface area contributed by atoms with Crippen LogP contribution >= 0.6 is 0 Å². The van der Waals surface area contributed by atoms with Gasteiger partial charge in [-0.15, -0.1) is 0 Å². The van der Waals surface area contributed by atoms with Gasteiger partial charge in [-0.2, -0.15) is 13.2 Å². The second-order valence-corrected chi connectivity index (χ2v) is 5.56. The molecule has 0 radical (unpaired) electrons. The summed E-state index contributed by atoms with van der Waals surface area (Å²) < 4.78 is 44.6. The first-order chi connectivity index (χ1) is 9.77. The fraction of sp³-hybridized carbons (Fsp3) is 0.929. The third-order valence-electron chi connectivity index (χ3n) is 3.90. The molecular weight excluding hydrogens is 287 g/mol. The van der Waals surface area contributed by atoms with Crippen LogP contribution in [-0.4, -0.2) is 53.5 Å². The number of carboxylic acids is 1. The first-order valence-corrected chi connectivity index (χ1v) is 7.43. The van der Waals surface area contributed by atoms with Gasteiger partial charge in [-0.3, -0.25) is 9.69 Å². The first kappa shape index (κ1) is 18.2. The summed E-state index contributed by atoms with van der Waals surface area (Å²) in [5, 5.41) is 8.53. The normalized spacial score (nSPS) is 23.2. The Bertz CT molecular complexity index is 336. The number of carbonyl (C=O) groups is 1. The SMILES string of the molecule is CCCC(C)N1CCC[C@H]1[C@@H](OCCC(=O)O)C(F)(F)F. The summed E-state index contributed by atoms with van der Waals surface area (Å²) >= 11 is 0. The Morgan fingerprint density at radius 1 is 1.48 bits per heavy atom. The van der Waals surface area contributed by atoms with Crippen molar-refractivity contribution in [1.82, 2.24) is 4.90 Å². The molecule has 7 heteroatoms. The average Bonchev–Trinajstić information content (AvgIpc) is 2.81. The largest absolute Gasteiger partial charge is 0.481 e. The van der Waals surface area contributed by atoms with E-state index in [4.69, 9.17) is 9.84 Å². The summed E-state index contributed by atoms with van der Waals surface area (Å²) in [6.07, 6.45) is -3.88. The fourth-order valence-corrected chi connectivity index (χ4v) is 2.97. The maximum absolute atomic E-state index is 13.2. The number of alkyl halides is 3. The number of nitrogens with zero attached hydrogens (tertiary/aromatic N) is 1. The topological polar surface area (TPSA) is 49.8 Å². The molecule has 1 aliphatic heterocycles. The van der Waals surface area contributed by atoms with Crippen LogP contribution in [0.15, 0.2) is 0 Å². The molecule has 0 aromatic carbocycles. The minimum Gasteiger partial charge on any atom is -0.481 e. The highest BCUT2D eigenvalue weighted by molar-refractivity contribution is 5.66. The van der Waals surface area contributed by atoms with E-state index in [0.717, 1.165) is 12.8 Å². The highest BCUT2D eigenvalue weighted by atomic mass is 19.4. The van der Waals surface area contributed by atoms with Crippen LogP contribution in [0, 0.1) is 0 Å². The predicted molar refractivity (Wildman–Crippen MR) is 72.1 cm³/mol. The van der Waals surface area contributed by atoms with Crippen LogP contribution in [0.3, 0.4) is 0 Å².